The Morgan fingerprint density at radius 2 is 1.87 bits per heavy atom. The Kier molecular flexibility index (Phi) is 4.49. The van der Waals surface area contributed by atoms with Crippen LogP contribution in [-0.2, 0) is 17.8 Å². The summed E-state index contributed by atoms with van der Waals surface area (Å²) in [7, 11) is 0. The van der Waals surface area contributed by atoms with Crippen LogP contribution in [0.1, 0.15) is 42.0 Å². The second-order valence-corrected chi connectivity index (χ2v) is 6.57. The van der Waals surface area contributed by atoms with E-state index >= 15 is 0 Å². The van der Waals surface area contributed by atoms with Gasteiger partial charge >= 0.3 is 0 Å². The van der Waals surface area contributed by atoms with E-state index < -0.39 is 0 Å². The maximum atomic E-state index is 12.6. The van der Waals surface area contributed by atoms with Gasteiger partial charge < -0.3 is 10.6 Å². The van der Waals surface area contributed by atoms with E-state index in [9.17, 15) is 4.79 Å². The Balaban J connectivity index is 1.75. The van der Waals surface area contributed by atoms with Crippen LogP contribution in [0.5, 0.6) is 0 Å². The van der Waals surface area contributed by atoms with E-state index in [1.807, 2.05) is 24.3 Å². The number of carbonyl (C=O) groups is 1. The van der Waals surface area contributed by atoms with Crippen LogP contribution in [0.15, 0.2) is 42.5 Å². The fourth-order valence-electron chi connectivity index (χ4n) is 3.27. The molecule has 3 nitrogen and oxygen atoms in total. The maximum absolute atomic E-state index is 12.6. The summed E-state index contributed by atoms with van der Waals surface area (Å²) < 4.78 is 0. The van der Waals surface area contributed by atoms with E-state index in [1.54, 1.807) is 0 Å². The van der Waals surface area contributed by atoms with Gasteiger partial charge in [0.1, 0.15) is 0 Å². The number of fused-ring (bicyclic) bond motifs is 1. The van der Waals surface area contributed by atoms with Gasteiger partial charge in [-0.1, -0.05) is 50.2 Å². The van der Waals surface area contributed by atoms with Crippen molar-refractivity contribution >= 4 is 11.6 Å². The number of amides is 1. The molecular formula is C20H24N2O. The third-order valence-electron chi connectivity index (χ3n) is 4.65. The molecule has 3 rings (SSSR count). The van der Waals surface area contributed by atoms with E-state index in [0.29, 0.717) is 5.92 Å². The lowest BCUT2D eigenvalue weighted by Crippen LogP contribution is -2.44. The second kappa shape index (κ2) is 6.55. The monoisotopic (exact) mass is 308 g/mol. The van der Waals surface area contributed by atoms with Crippen LogP contribution in [-0.4, -0.2) is 11.9 Å². The lowest BCUT2D eigenvalue weighted by molar-refractivity contribution is -0.118. The van der Waals surface area contributed by atoms with Gasteiger partial charge in [0.15, 0.2) is 0 Å². The van der Waals surface area contributed by atoms with Crippen molar-refractivity contribution in [1.29, 1.82) is 0 Å². The largest absolute Gasteiger partial charge is 0.324 e. The second-order valence-electron chi connectivity index (χ2n) is 6.57. The van der Waals surface area contributed by atoms with Crippen LogP contribution in [0, 0.1) is 6.92 Å². The van der Waals surface area contributed by atoms with Crippen molar-refractivity contribution in [2.24, 2.45) is 0 Å². The molecule has 1 heterocycles. The van der Waals surface area contributed by atoms with Gasteiger partial charge in [0.25, 0.3) is 0 Å². The van der Waals surface area contributed by atoms with Gasteiger partial charge in [0, 0.05) is 12.2 Å². The molecule has 0 aromatic heterocycles. The number of hydrogen-bond acceptors (Lipinski definition) is 2. The fraction of sp³-hybridized carbons (Fsp3) is 0.350. The fourth-order valence-corrected chi connectivity index (χ4v) is 3.27. The Morgan fingerprint density at radius 1 is 1.13 bits per heavy atom. The van der Waals surface area contributed by atoms with Gasteiger partial charge in [-0.25, -0.2) is 0 Å². The molecule has 2 N–H and O–H groups in total. The number of nitrogens with one attached hydrogen (secondary N) is 2. The maximum Gasteiger partial charge on any atom is 0.241 e. The van der Waals surface area contributed by atoms with Crippen molar-refractivity contribution in [3.8, 4) is 0 Å². The van der Waals surface area contributed by atoms with Crippen LogP contribution in [0.3, 0.4) is 0 Å². The number of carbonyl (C=O) groups excluding carboxylic acids is 1. The molecule has 1 aliphatic heterocycles. The highest BCUT2D eigenvalue weighted by Crippen LogP contribution is 2.25. The Labute approximate surface area is 138 Å². The predicted octanol–water partition coefficient (Wildman–Crippen LogP) is 3.77. The molecule has 2 aromatic carbocycles. The van der Waals surface area contributed by atoms with Crippen molar-refractivity contribution in [2.75, 3.05) is 5.32 Å². The molecule has 1 amide bonds. The van der Waals surface area contributed by atoms with E-state index in [1.165, 1.54) is 16.7 Å². The summed E-state index contributed by atoms with van der Waals surface area (Å²) in [5.41, 5.74) is 5.91. The van der Waals surface area contributed by atoms with Gasteiger partial charge in [0.2, 0.25) is 5.91 Å². The third-order valence-corrected chi connectivity index (χ3v) is 4.65. The molecule has 1 atom stereocenters. The molecule has 0 saturated heterocycles. The van der Waals surface area contributed by atoms with Gasteiger partial charge in [0.05, 0.1) is 6.04 Å². The molecule has 0 aliphatic carbocycles. The molecule has 23 heavy (non-hydrogen) atoms. The normalized spacial score (nSPS) is 17.0. The Morgan fingerprint density at radius 3 is 2.61 bits per heavy atom. The standard InChI is InChI=1S/C20H24N2O/c1-13(2)17-9-6-10-18(14(17)3)22-20(23)19-11-15-7-4-5-8-16(15)12-21-19/h4-10,13,19,21H,11-12H2,1-3H3,(H,22,23). The van der Waals surface area contributed by atoms with E-state index in [0.717, 1.165) is 24.2 Å². The average molecular weight is 308 g/mol. The molecule has 0 fully saturated rings. The van der Waals surface area contributed by atoms with Gasteiger partial charge in [-0.2, -0.15) is 0 Å². The zero-order valence-electron chi connectivity index (χ0n) is 14.0. The molecule has 0 bridgehead atoms. The van der Waals surface area contributed by atoms with Crippen molar-refractivity contribution in [3.05, 3.63) is 64.7 Å². The molecule has 0 saturated carbocycles. The lowest BCUT2D eigenvalue weighted by atomic mass is 9.94. The lowest BCUT2D eigenvalue weighted by Gasteiger charge is -2.26. The summed E-state index contributed by atoms with van der Waals surface area (Å²) in [4.78, 5) is 12.6. The van der Waals surface area contributed by atoms with E-state index in [-0.39, 0.29) is 11.9 Å². The minimum atomic E-state index is -0.174. The summed E-state index contributed by atoms with van der Waals surface area (Å²) in [6, 6.07) is 14.3. The van der Waals surface area contributed by atoms with Crippen molar-refractivity contribution in [2.45, 2.75) is 45.7 Å². The van der Waals surface area contributed by atoms with Gasteiger partial charge in [-0.3, -0.25) is 4.79 Å². The SMILES string of the molecule is Cc1c(NC(=O)C2Cc3ccccc3CN2)cccc1C(C)C. The zero-order chi connectivity index (χ0) is 16.4. The summed E-state index contributed by atoms with van der Waals surface area (Å²) in [5, 5.41) is 6.44. The molecule has 3 heteroatoms. The van der Waals surface area contributed by atoms with Crippen LogP contribution < -0.4 is 10.6 Å². The molecule has 1 unspecified atom stereocenters. The highest BCUT2D eigenvalue weighted by molar-refractivity contribution is 5.96. The summed E-state index contributed by atoms with van der Waals surface area (Å²) in [5.74, 6) is 0.495. The topological polar surface area (TPSA) is 41.1 Å². The molecule has 2 aromatic rings. The van der Waals surface area contributed by atoms with Crippen LogP contribution >= 0.6 is 0 Å². The first-order chi connectivity index (χ1) is 11.1. The molecule has 1 aliphatic rings. The highest BCUT2D eigenvalue weighted by Gasteiger charge is 2.24. The first-order valence-electron chi connectivity index (χ1n) is 8.27. The minimum absolute atomic E-state index is 0.0449. The Bertz CT molecular complexity index is 721. The van der Waals surface area contributed by atoms with E-state index in [4.69, 9.17) is 0 Å². The smallest absolute Gasteiger partial charge is 0.241 e. The number of hydrogen-bond donors (Lipinski definition) is 2. The van der Waals surface area contributed by atoms with Crippen molar-refractivity contribution < 1.29 is 4.79 Å². The Hall–Kier alpha value is -2.13. The number of anilines is 1. The molecular weight excluding hydrogens is 284 g/mol. The highest BCUT2D eigenvalue weighted by atomic mass is 16.2. The average Bonchev–Trinajstić information content (AvgIpc) is 2.56. The first kappa shape index (κ1) is 15.8. The summed E-state index contributed by atoms with van der Waals surface area (Å²) in [6.07, 6.45) is 0.741. The quantitative estimate of drug-likeness (QED) is 0.906. The molecule has 0 spiro atoms. The van der Waals surface area contributed by atoms with Crippen molar-refractivity contribution in [1.82, 2.24) is 5.32 Å². The molecule has 0 radical (unpaired) electrons. The van der Waals surface area contributed by atoms with Gasteiger partial charge in [-0.05, 0) is 47.6 Å². The van der Waals surface area contributed by atoms with Crippen LogP contribution in [0.4, 0.5) is 5.69 Å². The third kappa shape index (κ3) is 3.30. The predicted molar refractivity (Wildman–Crippen MR) is 94.7 cm³/mol. The first-order valence-corrected chi connectivity index (χ1v) is 8.27. The van der Waals surface area contributed by atoms with E-state index in [2.05, 4.69) is 49.6 Å². The van der Waals surface area contributed by atoms with Crippen LogP contribution in [0.25, 0.3) is 0 Å². The summed E-state index contributed by atoms with van der Waals surface area (Å²) >= 11 is 0. The summed E-state index contributed by atoms with van der Waals surface area (Å²) in [6.45, 7) is 7.18. The van der Waals surface area contributed by atoms with Crippen LogP contribution in [0.2, 0.25) is 0 Å². The number of benzene rings is 2. The molecule has 120 valence electrons. The minimum Gasteiger partial charge on any atom is -0.324 e. The number of rotatable bonds is 3. The van der Waals surface area contributed by atoms with Crippen molar-refractivity contribution in [3.63, 3.8) is 0 Å². The van der Waals surface area contributed by atoms with Gasteiger partial charge in [-0.15, -0.1) is 0 Å². The zero-order valence-corrected chi connectivity index (χ0v) is 14.0.